The number of non-ortho nitro benzene ring substituents is 1. The van der Waals surface area contributed by atoms with Gasteiger partial charge in [0, 0.05) is 63.3 Å². The summed E-state index contributed by atoms with van der Waals surface area (Å²) in [5.74, 6) is 1.32. The summed E-state index contributed by atoms with van der Waals surface area (Å²) in [4.78, 5) is 24.4. The Kier molecular flexibility index (Phi) is 5.07. The van der Waals surface area contributed by atoms with Crippen molar-refractivity contribution in [2.75, 3.05) is 43.4 Å². The molecule has 5 aromatic rings. The van der Waals surface area contributed by atoms with Crippen LogP contribution >= 0.6 is 0 Å². The van der Waals surface area contributed by atoms with Crippen molar-refractivity contribution in [3.8, 4) is 11.6 Å². The highest BCUT2D eigenvalue weighted by Gasteiger charge is 2.20. The van der Waals surface area contributed by atoms with Crippen molar-refractivity contribution in [1.29, 1.82) is 0 Å². The standard InChI is InChI=1S/C23H23N9O3/c24-23-26-21-18(22-25-20(27-31(22)23)19-2-1-15-35-19)7-8-30(21)14-11-28-9-12-29(13-10-28)16-3-5-17(6-4-16)32(33)34/h1-8,15H,9-14H2,(H2,24,26). The molecule has 1 aliphatic rings. The van der Waals surface area contributed by atoms with Gasteiger partial charge in [-0.25, -0.2) is 4.98 Å². The van der Waals surface area contributed by atoms with Gasteiger partial charge in [0.2, 0.25) is 11.8 Å². The Morgan fingerprint density at radius 2 is 1.80 bits per heavy atom. The van der Waals surface area contributed by atoms with Crippen LogP contribution in [0.5, 0.6) is 0 Å². The molecule has 12 nitrogen and oxygen atoms in total. The first kappa shape index (κ1) is 21.1. The van der Waals surface area contributed by atoms with Gasteiger partial charge in [0.05, 0.1) is 16.6 Å². The summed E-state index contributed by atoms with van der Waals surface area (Å²) in [6.07, 6.45) is 3.59. The first-order valence-electron chi connectivity index (χ1n) is 11.3. The van der Waals surface area contributed by atoms with Crippen LogP contribution in [0, 0.1) is 10.1 Å². The smallest absolute Gasteiger partial charge is 0.269 e. The number of nitrogens with zero attached hydrogens (tertiary/aromatic N) is 8. The SMILES string of the molecule is Nc1nc2c(ccn2CCN2CCN(c3ccc([N+](=O)[O-])cc3)CC2)c2nc(-c3ccco3)nn12. The number of hydrogen-bond acceptors (Lipinski definition) is 9. The van der Waals surface area contributed by atoms with Crippen molar-refractivity contribution in [3.05, 3.63) is 65.0 Å². The van der Waals surface area contributed by atoms with E-state index in [4.69, 9.17) is 10.2 Å². The third-order valence-electron chi connectivity index (χ3n) is 6.42. The Hall–Kier alpha value is -4.45. The molecule has 35 heavy (non-hydrogen) atoms. The predicted molar refractivity (Wildman–Crippen MR) is 130 cm³/mol. The quantitative estimate of drug-likeness (QED) is 0.291. The molecular weight excluding hydrogens is 450 g/mol. The van der Waals surface area contributed by atoms with Gasteiger partial charge in [-0.05, 0) is 30.3 Å². The molecule has 178 valence electrons. The van der Waals surface area contributed by atoms with E-state index in [1.165, 1.54) is 0 Å². The molecule has 2 N–H and O–H groups in total. The number of piperazine rings is 1. The lowest BCUT2D eigenvalue weighted by Gasteiger charge is -2.36. The molecule has 0 aliphatic carbocycles. The van der Waals surface area contributed by atoms with Gasteiger partial charge in [-0.15, -0.1) is 5.10 Å². The number of aromatic nitrogens is 5. The predicted octanol–water partition coefficient (Wildman–Crippen LogP) is 2.65. The van der Waals surface area contributed by atoms with Crippen molar-refractivity contribution in [2.24, 2.45) is 0 Å². The molecule has 1 fully saturated rings. The summed E-state index contributed by atoms with van der Waals surface area (Å²) in [7, 11) is 0. The molecule has 4 aromatic heterocycles. The fourth-order valence-electron chi connectivity index (χ4n) is 4.52. The lowest BCUT2D eigenvalue weighted by molar-refractivity contribution is -0.384. The number of benzene rings is 1. The lowest BCUT2D eigenvalue weighted by Crippen LogP contribution is -2.47. The number of furan rings is 1. The Morgan fingerprint density at radius 1 is 1.00 bits per heavy atom. The number of nitro benzene ring substituents is 1. The molecule has 1 aromatic carbocycles. The van der Waals surface area contributed by atoms with Gasteiger partial charge >= 0.3 is 0 Å². The number of nitrogen functional groups attached to an aromatic ring is 1. The van der Waals surface area contributed by atoms with E-state index in [9.17, 15) is 10.1 Å². The minimum atomic E-state index is -0.374. The number of nitro groups is 1. The van der Waals surface area contributed by atoms with Crippen LogP contribution in [0.25, 0.3) is 28.3 Å². The molecule has 1 saturated heterocycles. The van der Waals surface area contributed by atoms with Gasteiger partial charge in [0.25, 0.3) is 5.69 Å². The topological polar surface area (TPSA) is 137 Å². The first-order chi connectivity index (χ1) is 17.1. The minimum absolute atomic E-state index is 0.112. The highest BCUT2D eigenvalue weighted by molar-refractivity contribution is 5.91. The van der Waals surface area contributed by atoms with E-state index in [0.29, 0.717) is 17.2 Å². The van der Waals surface area contributed by atoms with E-state index < -0.39 is 0 Å². The molecule has 0 amide bonds. The summed E-state index contributed by atoms with van der Waals surface area (Å²) in [5.41, 5.74) is 8.75. The fourth-order valence-corrected chi connectivity index (χ4v) is 4.52. The van der Waals surface area contributed by atoms with E-state index in [0.717, 1.165) is 56.0 Å². The largest absolute Gasteiger partial charge is 0.461 e. The van der Waals surface area contributed by atoms with Crippen LogP contribution in [-0.2, 0) is 6.54 Å². The molecule has 0 radical (unpaired) electrons. The molecule has 12 heteroatoms. The second kappa shape index (κ2) is 8.40. The fraction of sp³-hybridized carbons (Fsp3) is 0.261. The van der Waals surface area contributed by atoms with E-state index in [2.05, 4.69) is 29.4 Å². The van der Waals surface area contributed by atoms with Crippen LogP contribution < -0.4 is 10.6 Å². The zero-order chi connectivity index (χ0) is 23.9. The van der Waals surface area contributed by atoms with Crippen molar-refractivity contribution >= 4 is 34.0 Å². The van der Waals surface area contributed by atoms with Gasteiger partial charge in [-0.1, -0.05) is 0 Å². The monoisotopic (exact) mass is 473 g/mol. The van der Waals surface area contributed by atoms with Crippen LogP contribution in [0.15, 0.2) is 59.3 Å². The summed E-state index contributed by atoms with van der Waals surface area (Å²) in [5, 5.41) is 16.2. The summed E-state index contributed by atoms with van der Waals surface area (Å²) >= 11 is 0. The van der Waals surface area contributed by atoms with Crippen LogP contribution in [0.1, 0.15) is 0 Å². The molecule has 1 aliphatic heterocycles. The molecule has 0 unspecified atom stereocenters. The molecular formula is C23H23N9O3. The van der Waals surface area contributed by atoms with E-state index >= 15 is 0 Å². The average Bonchev–Trinajstić information content (AvgIpc) is 3.63. The maximum Gasteiger partial charge on any atom is 0.269 e. The van der Waals surface area contributed by atoms with Gasteiger partial charge in [0.1, 0.15) is 5.65 Å². The van der Waals surface area contributed by atoms with E-state index in [1.54, 1.807) is 29.0 Å². The van der Waals surface area contributed by atoms with Crippen molar-refractivity contribution in [3.63, 3.8) is 0 Å². The molecule has 0 bridgehead atoms. The second-order valence-corrected chi connectivity index (χ2v) is 8.47. The van der Waals surface area contributed by atoms with E-state index in [1.807, 2.05) is 30.5 Å². The minimum Gasteiger partial charge on any atom is -0.461 e. The van der Waals surface area contributed by atoms with Gasteiger partial charge < -0.3 is 19.6 Å². The number of rotatable bonds is 6. The zero-order valence-corrected chi connectivity index (χ0v) is 18.8. The van der Waals surface area contributed by atoms with E-state index in [-0.39, 0.29) is 16.6 Å². The normalized spacial score (nSPS) is 14.8. The zero-order valence-electron chi connectivity index (χ0n) is 18.8. The average molecular weight is 473 g/mol. The van der Waals surface area contributed by atoms with Crippen LogP contribution in [0.2, 0.25) is 0 Å². The Balaban J connectivity index is 1.14. The summed E-state index contributed by atoms with van der Waals surface area (Å²) < 4.78 is 9.06. The third-order valence-corrected chi connectivity index (χ3v) is 6.42. The Bertz CT molecular complexity index is 1500. The number of nitrogens with two attached hydrogens (primary N) is 1. The number of hydrogen-bond donors (Lipinski definition) is 1. The summed E-state index contributed by atoms with van der Waals surface area (Å²) in [6.45, 7) is 5.19. The maximum absolute atomic E-state index is 10.9. The molecule has 0 spiro atoms. The molecule has 6 rings (SSSR count). The lowest BCUT2D eigenvalue weighted by atomic mass is 10.2. The summed E-state index contributed by atoms with van der Waals surface area (Å²) in [6, 6.07) is 12.3. The van der Waals surface area contributed by atoms with Crippen LogP contribution in [0.4, 0.5) is 17.3 Å². The Labute approximate surface area is 199 Å². The Morgan fingerprint density at radius 3 is 2.51 bits per heavy atom. The van der Waals surface area contributed by atoms with Crippen molar-refractivity contribution in [1.82, 2.24) is 29.0 Å². The molecule has 0 atom stereocenters. The van der Waals surface area contributed by atoms with Crippen LogP contribution in [0.3, 0.4) is 0 Å². The van der Waals surface area contributed by atoms with Gasteiger partial charge in [-0.2, -0.15) is 9.50 Å². The highest BCUT2D eigenvalue weighted by Crippen LogP contribution is 2.25. The van der Waals surface area contributed by atoms with Crippen molar-refractivity contribution in [2.45, 2.75) is 6.54 Å². The van der Waals surface area contributed by atoms with Crippen LogP contribution in [-0.4, -0.2) is 66.7 Å². The maximum atomic E-state index is 10.9. The highest BCUT2D eigenvalue weighted by atomic mass is 16.6. The van der Waals surface area contributed by atoms with Gasteiger partial charge in [-0.3, -0.25) is 15.0 Å². The number of fused-ring (bicyclic) bond motifs is 3. The molecule has 5 heterocycles. The van der Waals surface area contributed by atoms with Crippen molar-refractivity contribution < 1.29 is 9.34 Å². The second-order valence-electron chi connectivity index (χ2n) is 8.47. The molecule has 0 saturated carbocycles. The number of anilines is 2. The van der Waals surface area contributed by atoms with Gasteiger partial charge in [0.15, 0.2) is 11.4 Å². The first-order valence-corrected chi connectivity index (χ1v) is 11.3. The third kappa shape index (κ3) is 3.83.